The first kappa shape index (κ1) is 16.1. The summed E-state index contributed by atoms with van der Waals surface area (Å²) >= 11 is 1.70. The Hall–Kier alpha value is -2.74. The minimum Gasteiger partial charge on any atom is -0.364 e. The Morgan fingerprint density at radius 3 is 3.12 bits per heavy atom. The number of amides is 1. The first-order valence-electron chi connectivity index (χ1n) is 7.61. The van der Waals surface area contributed by atoms with Gasteiger partial charge in [0, 0.05) is 11.4 Å². The molecule has 3 aromatic heterocycles. The van der Waals surface area contributed by atoms with Gasteiger partial charge in [-0.15, -0.1) is 11.3 Å². The number of rotatable bonds is 7. The lowest BCUT2D eigenvalue weighted by Crippen LogP contribution is -2.25. The van der Waals surface area contributed by atoms with Gasteiger partial charge in [0.05, 0.1) is 24.7 Å². The van der Waals surface area contributed by atoms with Crippen molar-refractivity contribution in [1.29, 1.82) is 0 Å². The highest BCUT2D eigenvalue weighted by atomic mass is 32.1. The van der Waals surface area contributed by atoms with Crippen molar-refractivity contribution in [3.63, 3.8) is 0 Å². The quantitative estimate of drug-likeness (QED) is 0.643. The molecule has 24 heavy (non-hydrogen) atoms. The van der Waals surface area contributed by atoms with Crippen LogP contribution in [-0.4, -0.2) is 32.2 Å². The number of aromatic nitrogens is 4. The van der Waals surface area contributed by atoms with E-state index in [4.69, 9.17) is 0 Å². The maximum atomic E-state index is 11.4. The zero-order valence-corrected chi connectivity index (χ0v) is 14.1. The molecule has 0 aliphatic carbocycles. The molecule has 0 unspecified atom stereocenters. The number of fused-ring (bicyclic) bond motifs is 1. The highest BCUT2D eigenvalue weighted by Gasteiger charge is 2.09. The fraction of sp³-hybridized carbons (Fsp3) is 0.250. The van der Waals surface area contributed by atoms with Gasteiger partial charge in [-0.05, 0) is 24.4 Å². The predicted molar refractivity (Wildman–Crippen MR) is 94.8 cm³/mol. The van der Waals surface area contributed by atoms with Gasteiger partial charge < -0.3 is 10.6 Å². The molecule has 0 saturated carbocycles. The standard InChI is InChI=1S/C16H18N6OS/c1-2-4-14(23)17-6-7-22-16-13(10-21-22)15(19-11-20-16)18-9-12-5-3-8-24-12/h2-5,8,10-11H,6-7,9H2,1H3,(H,17,23)(H,18,19,20)/b4-2+. The molecule has 8 heteroatoms. The Bertz CT molecular complexity index is 840. The molecule has 7 nitrogen and oxygen atoms in total. The minimum atomic E-state index is -0.109. The van der Waals surface area contributed by atoms with Crippen LogP contribution in [0.25, 0.3) is 11.0 Å². The summed E-state index contributed by atoms with van der Waals surface area (Å²) in [5.41, 5.74) is 0.749. The molecule has 124 valence electrons. The molecule has 0 aliphatic heterocycles. The van der Waals surface area contributed by atoms with Crippen molar-refractivity contribution < 1.29 is 4.79 Å². The van der Waals surface area contributed by atoms with E-state index in [1.54, 1.807) is 28.3 Å². The number of hydrogen-bond acceptors (Lipinski definition) is 6. The second-order valence-corrected chi connectivity index (χ2v) is 6.08. The summed E-state index contributed by atoms with van der Waals surface area (Å²) in [7, 11) is 0. The van der Waals surface area contributed by atoms with E-state index in [1.807, 2.05) is 18.4 Å². The monoisotopic (exact) mass is 342 g/mol. The summed E-state index contributed by atoms with van der Waals surface area (Å²) < 4.78 is 1.77. The van der Waals surface area contributed by atoms with Crippen molar-refractivity contribution in [3.8, 4) is 0 Å². The Morgan fingerprint density at radius 2 is 2.33 bits per heavy atom. The van der Waals surface area contributed by atoms with E-state index in [9.17, 15) is 4.79 Å². The van der Waals surface area contributed by atoms with Gasteiger partial charge in [0.15, 0.2) is 5.65 Å². The molecule has 3 heterocycles. The molecule has 1 amide bonds. The molecule has 0 saturated heterocycles. The lowest BCUT2D eigenvalue weighted by atomic mass is 10.3. The van der Waals surface area contributed by atoms with Crippen molar-refractivity contribution in [2.45, 2.75) is 20.0 Å². The van der Waals surface area contributed by atoms with Crippen LogP contribution in [0.4, 0.5) is 5.82 Å². The molecule has 0 aromatic carbocycles. The molecule has 0 atom stereocenters. The van der Waals surface area contributed by atoms with Crippen molar-refractivity contribution in [3.05, 3.63) is 47.1 Å². The van der Waals surface area contributed by atoms with E-state index < -0.39 is 0 Å². The molecule has 3 aromatic rings. The van der Waals surface area contributed by atoms with Gasteiger partial charge in [-0.1, -0.05) is 12.1 Å². The molecular weight excluding hydrogens is 324 g/mol. The normalized spacial score (nSPS) is 11.2. The van der Waals surface area contributed by atoms with Crippen molar-refractivity contribution >= 4 is 34.1 Å². The first-order valence-corrected chi connectivity index (χ1v) is 8.49. The lowest BCUT2D eigenvalue weighted by Gasteiger charge is -2.06. The van der Waals surface area contributed by atoms with Gasteiger partial charge in [0.2, 0.25) is 5.91 Å². The maximum Gasteiger partial charge on any atom is 0.243 e. The van der Waals surface area contributed by atoms with Gasteiger partial charge in [-0.3, -0.25) is 4.79 Å². The van der Waals surface area contributed by atoms with Crippen molar-refractivity contribution in [1.82, 2.24) is 25.1 Å². The van der Waals surface area contributed by atoms with E-state index in [-0.39, 0.29) is 5.91 Å². The van der Waals surface area contributed by atoms with Gasteiger partial charge in [-0.2, -0.15) is 5.10 Å². The van der Waals surface area contributed by atoms with E-state index in [0.29, 0.717) is 19.6 Å². The topological polar surface area (TPSA) is 84.7 Å². The SMILES string of the molecule is C/C=C/C(=O)NCCn1ncc2c(NCc3cccs3)ncnc21. The first-order chi connectivity index (χ1) is 11.8. The smallest absolute Gasteiger partial charge is 0.243 e. The number of carbonyl (C=O) groups is 1. The fourth-order valence-electron chi connectivity index (χ4n) is 2.28. The predicted octanol–water partition coefficient (Wildman–Crippen LogP) is 2.19. The molecule has 0 fully saturated rings. The minimum absolute atomic E-state index is 0.109. The van der Waals surface area contributed by atoms with Crippen LogP contribution in [0.2, 0.25) is 0 Å². The summed E-state index contributed by atoms with van der Waals surface area (Å²) in [5, 5.41) is 13.4. The number of hydrogen-bond donors (Lipinski definition) is 2. The van der Waals surface area contributed by atoms with Gasteiger partial charge in [-0.25, -0.2) is 14.6 Å². The fourth-order valence-corrected chi connectivity index (χ4v) is 2.92. The number of nitrogens with zero attached hydrogens (tertiary/aromatic N) is 4. The molecule has 3 rings (SSSR count). The third kappa shape index (κ3) is 3.77. The van der Waals surface area contributed by atoms with Crippen LogP contribution < -0.4 is 10.6 Å². The van der Waals surface area contributed by atoms with E-state index in [1.165, 1.54) is 17.3 Å². The molecule has 0 spiro atoms. The third-order valence-electron chi connectivity index (χ3n) is 3.38. The Morgan fingerprint density at radius 1 is 1.42 bits per heavy atom. The highest BCUT2D eigenvalue weighted by Crippen LogP contribution is 2.20. The Kier molecular flexibility index (Phi) is 5.17. The highest BCUT2D eigenvalue weighted by molar-refractivity contribution is 7.09. The van der Waals surface area contributed by atoms with Gasteiger partial charge >= 0.3 is 0 Å². The molecule has 2 N–H and O–H groups in total. The zero-order valence-electron chi connectivity index (χ0n) is 13.3. The van der Waals surface area contributed by atoms with Crippen LogP contribution in [0, 0.1) is 0 Å². The van der Waals surface area contributed by atoms with E-state index in [0.717, 1.165) is 16.9 Å². The summed E-state index contributed by atoms with van der Waals surface area (Å²) in [6, 6.07) is 4.10. The molecule has 0 radical (unpaired) electrons. The van der Waals surface area contributed by atoms with Crippen LogP contribution in [0.3, 0.4) is 0 Å². The van der Waals surface area contributed by atoms with E-state index in [2.05, 4.69) is 31.8 Å². The maximum absolute atomic E-state index is 11.4. The number of anilines is 1. The summed E-state index contributed by atoms with van der Waals surface area (Å²) in [6.45, 7) is 3.56. The number of nitrogens with one attached hydrogen (secondary N) is 2. The summed E-state index contributed by atoms with van der Waals surface area (Å²) in [5.74, 6) is 0.652. The number of thiophene rings is 1. The summed E-state index contributed by atoms with van der Waals surface area (Å²) in [4.78, 5) is 21.3. The van der Waals surface area contributed by atoms with Gasteiger partial charge in [0.25, 0.3) is 0 Å². The van der Waals surface area contributed by atoms with Crippen LogP contribution in [-0.2, 0) is 17.9 Å². The second-order valence-electron chi connectivity index (χ2n) is 5.05. The summed E-state index contributed by atoms with van der Waals surface area (Å²) in [6.07, 6.45) is 6.48. The van der Waals surface area contributed by atoms with E-state index >= 15 is 0 Å². The average molecular weight is 342 g/mol. The van der Waals surface area contributed by atoms with Crippen LogP contribution in [0.15, 0.2) is 42.2 Å². The van der Waals surface area contributed by atoms with Crippen LogP contribution in [0.1, 0.15) is 11.8 Å². The largest absolute Gasteiger partial charge is 0.364 e. The molecule has 0 aliphatic rings. The lowest BCUT2D eigenvalue weighted by molar-refractivity contribution is -0.116. The third-order valence-corrected chi connectivity index (χ3v) is 4.26. The van der Waals surface area contributed by atoms with Gasteiger partial charge in [0.1, 0.15) is 12.1 Å². The average Bonchev–Trinajstić information content (AvgIpc) is 3.23. The number of carbonyl (C=O) groups excluding carboxylic acids is 1. The van der Waals surface area contributed by atoms with Crippen molar-refractivity contribution in [2.24, 2.45) is 0 Å². The number of allylic oxidation sites excluding steroid dienone is 1. The van der Waals surface area contributed by atoms with Crippen LogP contribution >= 0.6 is 11.3 Å². The molecule has 0 bridgehead atoms. The zero-order chi connectivity index (χ0) is 16.8. The molecular formula is C16H18N6OS. The second kappa shape index (κ2) is 7.69. The van der Waals surface area contributed by atoms with Crippen LogP contribution in [0.5, 0.6) is 0 Å². The van der Waals surface area contributed by atoms with Crippen molar-refractivity contribution in [2.75, 3.05) is 11.9 Å². The Balaban J connectivity index is 1.68. The Labute approximate surface area is 143 Å².